The Morgan fingerprint density at radius 1 is 0.864 bits per heavy atom. The lowest BCUT2D eigenvalue weighted by molar-refractivity contribution is -0.131. The van der Waals surface area contributed by atoms with Crippen LogP contribution in [-0.4, -0.2) is 39.8 Å². The summed E-state index contributed by atoms with van der Waals surface area (Å²) in [5.74, 6) is -6.53. The predicted molar refractivity (Wildman–Crippen MR) is 163 cm³/mol. The molecule has 0 spiro atoms. The summed E-state index contributed by atoms with van der Waals surface area (Å²) in [4.78, 5) is 70.4. The quantitative estimate of drug-likeness (QED) is 0.289. The van der Waals surface area contributed by atoms with Crippen molar-refractivity contribution in [1.82, 2.24) is 0 Å². The maximum atomic E-state index is 14.4. The molecule has 2 saturated heterocycles. The van der Waals surface area contributed by atoms with Gasteiger partial charge in [-0.05, 0) is 74.2 Å². The normalized spacial score (nSPS) is 29.3. The third kappa shape index (κ3) is 3.86. The first-order valence-corrected chi connectivity index (χ1v) is 15.2. The highest BCUT2D eigenvalue weighted by atomic mass is 79.9. The van der Waals surface area contributed by atoms with Crippen molar-refractivity contribution in [2.45, 2.75) is 25.7 Å². The number of allylic oxidation sites excluding steroid dienone is 2. The number of anilines is 2. The standard InChI is InChI=1S/C34H27BrN2O7/c1-34-25(30(40)37(33(34)44)19-7-3-2-4-8-19)16-23-21(28(34)24-15-18(35)10-13-26(24)38)11-12-22-27(23)31(41)36(29(22)39)20-9-5-6-17(14-20)32(42)43/h2-11,13-15,22-23,25,27-28,38H,12,16H2,1H3,(H,42,43). The molecule has 44 heavy (non-hydrogen) atoms. The minimum Gasteiger partial charge on any atom is -0.508 e. The van der Waals surface area contributed by atoms with Gasteiger partial charge in [-0.25, -0.2) is 9.69 Å². The Morgan fingerprint density at radius 2 is 1.59 bits per heavy atom. The van der Waals surface area contributed by atoms with E-state index < -0.39 is 52.8 Å². The highest BCUT2D eigenvalue weighted by Gasteiger charge is 2.68. The van der Waals surface area contributed by atoms with Gasteiger partial charge in [0.25, 0.3) is 0 Å². The number of nitrogens with zero attached hydrogens (tertiary/aromatic N) is 2. The van der Waals surface area contributed by atoms with Gasteiger partial charge in [0.1, 0.15) is 5.75 Å². The Bertz CT molecular complexity index is 1820. The molecule has 2 aliphatic heterocycles. The number of hydrogen-bond acceptors (Lipinski definition) is 6. The summed E-state index contributed by atoms with van der Waals surface area (Å²) in [7, 11) is 0. The highest BCUT2D eigenvalue weighted by molar-refractivity contribution is 9.10. The molecule has 6 atom stereocenters. The van der Waals surface area contributed by atoms with Crippen LogP contribution in [-0.2, 0) is 19.2 Å². The van der Waals surface area contributed by atoms with E-state index >= 15 is 0 Å². The van der Waals surface area contributed by atoms with Crippen molar-refractivity contribution in [3.8, 4) is 5.75 Å². The molecule has 3 aromatic carbocycles. The second-order valence-corrected chi connectivity index (χ2v) is 13.0. The molecule has 10 heteroatoms. The molecule has 6 unspecified atom stereocenters. The minimum absolute atomic E-state index is 0.0406. The van der Waals surface area contributed by atoms with Gasteiger partial charge in [-0.3, -0.25) is 24.1 Å². The van der Waals surface area contributed by atoms with Gasteiger partial charge in [0.15, 0.2) is 0 Å². The molecule has 0 radical (unpaired) electrons. The number of phenols is 1. The maximum Gasteiger partial charge on any atom is 0.335 e. The Hall–Kier alpha value is -4.57. The summed E-state index contributed by atoms with van der Waals surface area (Å²) in [5.41, 5.74) is 0.506. The maximum absolute atomic E-state index is 14.4. The molecule has 0 bridgehead atoms. The lowest BCUT2D eigenvalue weighted by atomic mass is 9.51. The minimum atomic E-state index is -1.28. The van der Waals surface area contributed by atoms with Crippen molar-refractivity contribution >= 4 is 56.9 Å². The summed E-state index contributed by atoms with van der Waals surface area (Å²) in [6.45, 7) is 1.76. The second kappa shape index (κ2) is 9.99. The van der Waals surface area contributed by atoms with Crippen molar-refractivity contribution in [3.63, 3.8) is 0 Å². The van der Waals surface area contributed by atoms with Crippen LogP contribution in [0.3, 0.4) is 0 Å². The summed E-state index contributed by atoms with van der Waals surface area (Å²) in [6.07, 6.45) is 2.31. The number of imide groups is 2. The average Bonchev–Trinajstić information content (AvgIpc) is 3.38. The lowest BCUT2D eigenvalue weighted by Crippen LogP contribution is -2.48. The first-order chi connectivity index (χ1) is 21.0. The molecule has 2 N–H and O–H groups in total. The number of benzene rings is 3. The molecule has 0 aromatic heterocycles. The van der Waals surface area contributed by atoms with Crippen LogP contribution in [0.25, 0.3) is 0 Å². The number of fused-ring (bicyclic) bond motifs is 4. The number of rotatable bonds is 4. The van der Waals surface area contributed by atoms with E-state index in [1.54, 1.807) is 49.4 Å². The lowest BCUT2D eigenvalue weighted by Gasteiger charge is -2.49. The molecular formula is C34H27BrN2O7. The van der Waals surface area contributed by atoms with Crippen LogP contribution in [0.2, 0.25) is 0 Å². The number of phenolic OH excluding ortho intramolecular Hbond substituents is 1. The Kier molecular flexibility index (Phi) is 6.40. The molecule has 2 aliphatic carbocycles. The molecular weight excluding hydrogens is 628 g/mol. The van der Waals surface area contributed by atoms with Crippen LogP contribution < -0.4 is 9.80 Å². The number of carbonyl (C=O) groups is 5. The molecule has 2 heterocycles. The highest BCUT2D eigenvalue weighted by Crippen LogP contribution is 2.64. The fourth-order valence-electron chi connectivity index (χ4n) is 7.97. The number of amides is 4. The van der Waals surface area contributed by atoms with Gasteiger partial charge in [0, 0.05) is 16.0 Å². The number of carbonyl (C=O) groups excluding carboxylic acids is 4. The van der Waals surface area contributed by atoms with Gasteiger partial charge in [-0.1, -0.05) is 51.8 Å². The monoisotopic (exact) mass is 654 g/mol. The summed E-state index contributed by atoms with van der Waals surface area (Å²) >= 11 is 3.49. The first-order valence-electron chi connectivity index (χ1n) is 14.4. The smallest absolute Gasteiger partial charge is 0.335 e. The van der Waals surface area contributed by atoms with Gasteiger partial charge >= 0.3 is 5.97 Å². The van der Waals surface area contributed by atoms with E-state index in [0.717, 1.165) is 10.5 Å². The third-order valence-electron chi connectivity index (χ3n) is 9.94. The Labute approximate surface area is 260 Å². The van der Waals surface area contributed by atoms with Gasteiger partial charge in [0.2, 0.25) is 23.6 Å². The van der Waals surface area contributed by atoms with Crippen molar-refractivity contribution in [2.75, 3.05) is 9.80 Å². The van der Waals surface area contributed by atoms with Crippen LogP contribution in [0.4, 0.5) is 11.4 Å². The Balaban J connectivity index is 1.37. The topological polar surface area (TPSA) is 132 Å². The zero-order valence-electron chi connectivity index (χ0n) is 23.5. The number of carboxylic acid groups (broad SMARTS) is 1. The van der Waals surface area contributed by atoms with E-state index in [1.807, 2.05) is 6.08 Å². The summed E-state index contributed by atoms with van der Waals surface area (Å²) in [5, 5.41) is 20.7. The van der Waals surface area contributed by atoms with E-state index in [0.29, 0.717) is 15.7 Å². The molecule has 3 fully saturated rings. The first kappa shape index (κ1) is 28.2. The molecule has 3 aromatic rings. The number of aromatic hydroxyl groups is 1. The zero-order valence-corrected chi connectivity index (χ0v) is 25.1. The van der Waals surface area contributed by atoms with Crippen LogP contribution in [0.1, 0.15) is 41.6 Å². The van der Waals surface area contributed by atoms with Gasteiger partial charge < -0.3 is 10.2 Å². The van der Waals surface area contributed by atoms with E-state index in [9.17, 15) is 34.2 Å². The fourth-order valence-corrected chi connectivity index (χ4v) is 8.35. The number of aromatic carboxylic acids is 1. The van der Waals surface area contributed by atoms with Crippen molar-refractivity contribution in [2.24, 2.45) is 29.1 Å². The van der Waals surface area contributed by atoms with Crippen molar-refractivity contribution in [1.29, 1.82) is 0 Å². The SMILES string of the molecule is CC12C(=O)N(c3ccccc3)C(=O)C1CC1C(=CCC3C(=O)N(c4cccc(C(=O)O)c4)C(=O)C31)C2c1cc(Br)ccc1O. The summed E-state index contributed by atoms with van der Waals surface area (Å²) in [6, 6.07) is 19.4. The summed E-state index contributed by atoms with van der Waals surface area (Å²) < 4.78 is 0.676. The number of halogens is 1. The van der Waals surface area contributed by atoms with Crippen molar-refractivity contribution in [3.05, 3.63) is 100 Å². The third-order valence-corrected chi connectivity index (χ3v) is 10.4. The second-order valence-electron chi connectivity index (χ2n) is 12.1. The van der Waals surface area contributed by atoms with Crippen LogP contribution >= 0.6 is 15.9 Å². The predicted octanol–water partition coefficient (Wildman–Crippen LogP) is 5.29. The van der Waals surface area contributed by atoms with Crippen LogP contribution in [0.15, 0.2) is 88.9 Å². The van der Waals surface area contributed by atoms with E-state index in [4.69, 9.17) is 0 Å². The van der Waals surface area contributed by atoms with Gasteiger partial charge in [0.05, 0.1) is 40.1 Å². The van der Waals surface area contributed by atoms with Crippen molar-refractivity contribution < 1.29 is 34.2 Å². The van der Waals surface area contributed by atoms with Gasteiger partial charge in [-0.15, -0.1) is 0 Å². The number of carboxylic acids is 1. The largest absolute Gasteiger partial charge is 0.508 e. The molecule has 4 aliphatic rings. The number of hydrogen-bond donors (Lipinski definition) is 2. The molecule has 222 valence electrons. The van der Waals surface area contributed by atoms with E-state index in [-0.39, 0.29) is 41.7 Å². The molecule has 1 saturated carbocycles. The molecule has 7 rings (SSSR count). The Morgan fingerprint density at radius 3 is 2.32 bits per heavy atom. The fraction of sp³-hybridized carbons (Fsp3) is 0.265. The number of para-hydroxylation sites is 1. The van der Waals surface area contributed by atoms with Crippen LogP contribution in [0, 0.1) is 29.1 Å². The average molecular weight is 656 g/mol. The molecule has 9 nitrogen and oxygen atoms in total. The van der Waals surface area contributed by atoms with Crippen LogP contribution in [0.5, 0.6) is 5.75 Å². The van der Waals surface area contributed by atoms with Gasteiger partial charge in [-0.2, -0.15) is 0 Å². The van der Waals surface area contributed by atoms with E-state index in [1.165, 1.54) is 35.2 Å². The molecule has 4 amide bonds. The zero-order chi connectivity index (χ0) is 31.1. The van der Waals surface area contributed by atoms with E-state index in [2.05, 4.69) is 15.9 Å².